The molecule has 0 unspecified atom stereocenters. The molecule has 4 atom stereocenters. The third kappa shape index (κ3) is 2.20. The van der Waals surface area contributed by atoms with Gasteiger partial charge in [-0.3, -0.25) is 4.48 Å². The Kier molecular flexibility index (Phi) is 3.53. The molecule has 5 rings (SSSR count). The van der Waals surface area contributed by atoms with Crippen LogP contribution in [0.4, 0.5) is 0 Å². The fourth-order valence-electron chi connectivity index (χ4n) is 6.33. The van der Waals surface area contributed by atoms with Gasteiger partial charge >= 0.3 is 0 Å². The quantitative estimate of drug-likeness (QED) is 0.760. The molecule has 0 aliphatic carbocycles. The van der Waals surface area contributed by atoms with Crippen molar-refractivity contribution in [2.75, 3.05) is 59.4 Å². The van der Waals surface area contributed by atoms with Crippen molar-refractivity contribution in [1.29, 1.82) is 0 Å². The predicted octanol–water partition coefficient (Wildman–Crippen LogP) is 1.54. The van der Waals surface area contributed by atoms with Gasteiger partial charge in [-0.25, -0.2) is 9.80 Å². The van der Waals surface area contributed by atoms with E-state index in [1.54, 1.807) is 0 Å². The number of quaternary nitrogens is 2. The van der Waals surface area contributed by atoms with Crippen LogP contribution in [-0.4, -0.2) is 90.5 Å². The maximum atomic E-state index is 2.87. The van der Waals surface area contributed by atoms with Crippen LogP contribution in [0.1, 0.15) is 18.4 Å². The number of hydrogen-bond donors (Lipinski definition) is 0. The van der Waals surface area contributed by atoms with E-state index in [-0.39, 0.29) is 0 Å². The van der Waals surface area contributed by atoms with Gasteiger partial charge in [-0.15, -0.1) is 0 Å². The normalized spacial score (nSPS) is 42.5. The number of nitrogens with zero attached hydrogens (tertiary/aromatic N) is 4. The van der Waals surface area contributed by atoms with E-state index in [1.165, 1.54) is 86.3 Å². The van der Waals surface area contributed by atoms with Gasteiger partial charge in [-0.1, -0.05) is 30.3 Å². The Labute approximate surface area is 146 Å². The average molecular weight is 329 g/mol. The second-order valence-electron chi connectivity index (χ2n) is 8.84. The van der Waals surface area contributed by atoms with Crippen LogP contribution in [0.3, 0.4) is 0 Å². The fourth-order valence-corrected chi connectivity index (χ4v) is 6.33. The summed E-state index contributed by atoms with van der Waals surface area (Å²) in [4.78, 5) is 5.72. The summed E-state index contributed by atoms with van der Waals surface area (Å²) in [7, 11) is 2.55. The van der Waals surface area contributed by atoms with Crippen molar-refractivity contribution in [1.82, 2.24) is 9.80 Å². The molecule has 1 aromatic rings. The van der Waals surface area contributed by atoms with Gasteiger partial charge in [0.2, 0.25) is 12.3 Å². The zero-order valence-corrected chi connectivity index (χ0v) is 15.1. The Morgan fingerprint density at radius 3 is 2.38 bits per heavy atom. The molecule has 4 saturated heterocycles. The van der Waals surface area contributed by atoms with Crippen molar-refractivity contribution in [3.8, 4) is 0 Å². The molecule has 24 heavy (non-hydrogen) atoms. The monoisotopic (exact) mass is 328 g/mol. The molecule has 4 nitrogen and oxygen atoms in total. The van der Waals surface area contributed by atoms with Crippen molar-refractivity contribution < 1.29 is 8.97 Å². The molecule has 4 fully saturated rings. The van der Waals surface area contributed by atoms with E-state index >= 15 is 0 Å². The second-order valence-corrected chi connectivity index (χ2v) is 8.84. The van der Waals surface area contributed by atoms with E-state index in [4.69, 9.17) is 0 Å². The van der Waals surface area contributed by atoms with Gasteiger partial charge in [0, 0.05) is 31.5 Å². The minimum Gasteiger partial charge on any atom is -0.304 e. The molecule has 1 aromatic carbocycles. The smallest absolute Gasteiger partial charge is 0.214 e. The van der Waals surface area contributed by atoms with Crippen molar-refractivity contribution in [3.63, 3.8) is 0 Å². The summed E-state index contributed by atoms with van der Waals surface area (Å²) in [5, 5.41) is 0. The molecule has 0 radical (unpaired) electrons. The van der Waals surface area contributed by atoms with Crippen molar-refractivity contribution in [3.05, 3.63) is 35.9 Å². The molecule has 4 heterocycles. The molecular formula is C20H32N4+2. The van der Waals surface area contributed by atoms with E-state index in [9.17, 15) is 0 Å². The lowest BCUT2D eigenvalue weighted by atomic mass is 9.94. The van der Waals surface area contributed by atoms with Crippen LogP contribution < -0.4 is 0 Å². The summed E-state index contributed by atoms with van der Waals surface area (Å²) in [6.45, 7) is 11.9. The van der Waals surface area contributed by atoms with Gasteiger partial charge in [0.05, 0.1) is 46.3 Å². The van der Waals surface area contributed by atoms with E-state index in [2.05, 4.69) is 47.2 Å². The highest BCUT2D eigenvalue weighted by Gasteiger charge is 2.62. The van der Waals surface area contributed by atoms with Gasteiger partial charge < -0.3 is 4.48 Å². The first-order valence-corrected chi connectivity index (χ1v) is 9.92. The second kappa shape index (κ2) is 5.53. The van der Waals surface area contributed by atoms with Gasteiger partial charge in [0.15, 0.2) is 0 Å². The topological polar surface area (TPSA) is 6.48 Å². The SMILES string of the molecule is C[N@+]12CCCN3CC[N@+]4(Cc5ccccc5)CCCN(CC1)[C@@H]4[C@@H]32. The number of piperazine rings is 2. The maximum Gasteiger partial charge on any atom is 0.214 e. The minimum atomic E-state index is 0.715. The molecule has 0 spiro atoms. The number of benzene rings is 1. The molecule has 0 aromatic heterocycles. The van der Waals surface area contributed by atoms with Crippen LogP contribution in [-0.2, 0) is 6.54 Å². The zero-order chi connectivity index (χ0) is 16.2. The maximum absolute atomic E-state index is 2.87. The minimum absolute atomic E-state index is 0.715. The third-order valence-corrected chi connectivity index (χ3v) is 7.45. The highest BCUT2D eigenvalue weighted by atomic mass is 15.6. The van der Waals surface area contributed by atoms with Crippen molar-refractivity contribution in [2.45, 2.75) is 31.7 Å². The first kappa shape index (κ1) is 15.3. The molecule has 4 aliphatic rings. The summed E-state index contributed by atoms with van der Waals surface area (Å²) < 4.78 is 2.62. The zero-order valence-electron chi connectivity index (χ0n) is 15.1. The van der Waals surface area contributed by atoms with Crippen LogP contribution in [0.25, 0.3) is 0 Å². The van der Waals surface area contributed by atoms with Gasteiger partial charge in [-0.05, 0) is 0 Å². The molecule has 0 N–H and O–H groups in total. The largest absolute Gasteiger partial charge is 0.304 e. The highest BCUT2D eigenvalue weighted by Crippen LogP contribution is 2.41. The van der Waals surface area contributed by atoms with Crippen LogP contribution >= 0.6 is 0 Å². The Morgan fingerprint density at radius 1 is 0.833 bits per heavy atom. The van der Waals surface area contributed by atoms with Crippen LogP contribution in [0, 0.1) is 0 Å². The lowest BCUT2D eigenvalue weighted by molar-refractivity contribution is -1.05. The Morgan fingerprint density at radius 2 is 1.54 bits per heavy atom. The van der Waals surface area contributed by atoms with E-state index in [0.29, 0.717) is 6.17 Å². The summed E-state index contributed by atoms with van der Waals surface area (Å²) in [6.07, 6.45) is 4.20. The fraction of sp³-hybridized carbons (Fsp3) is 0.700. The standard InChI is InChI=1S/C20H32N4/c1-23-13-5-9-21-12-16-24(17-18-7-3-2-4-8-18)14-6-10-22(11-15-23)20(24)19(21)23/h2-4,7-8,19-20H,5-6,9-17H2,1H3/q+2/t19-,20-,23-,24-/m0/s1. The molecule has 4 aliphatic heterocycles. The molecular weight excluding hydrogens is 296 g/mol. The van der Waals surface area contributed by atoms with Crippen molar-refractivity contribution >= 4 is 0 Å². The molecule has 4 heteroatoms. The lowest BCUT2D eigenvalue weighted by Crippen LogP contribution is -2.86. The predicted molar refractivity (Wildman–Crippen MR) is 96.0 cm³/mol. The van der Waals surface area contributed by atoms with Crippen LogP contribution in [0.15, 0.2) is 30.3 Å². The molecule has 0 amide bonds. The van der Waals surface area contributed by atoms with Gasteiger partial charge in [0.1, 0.15) is 6.54 Å². The van der Waals surface area contributed by atoms with Gasteiger partial charge in [0.25, 0.3) is 0 Å². The van der Waals surface area contributed by atoms with Crippen LogP contribution in [0.2, 0.25) is 0 Å². The number of hydrogen-bond acceptors (Lipinski definition) is 2. The number of rotatable bonds is 2. The third-order valence-electron chi connectivity index (χ3n) is 7.45. The van der Waals surface area contributed by atoms with Gasteiger partial charge in [-0.2, -0.15) is 0 Å². The molecule has 0 saturated carbocycles. The number of likely N-dealkylation sites (N-methyl/N-ethyl adjacent to an activating group) is 1. The summed E-state index contributed by atoms with van der Waals surface area (Å²) in [5.41, 5.74) is 1.53. The van der Waals surface area contributed by atoms with Crippen LogP contribution in [0.5, 0.6) is 0 Å². The Bertz CT molecular complexity index is 605. The first-order valence-electron chi connectivity index (χ1n) is 9.92. The van der Waals surface area contributed by atoms with E-state index in [0.717, 1.165) is 6.17 Å². The summed E-state index contributed by atoms with van der Waals surface area (Å²) >= 11 is 0. The van der Waals surface area contributed by atoms with E-state index < -0.39 is 0 Å². The Balaban J connectivity index is 1.54. The average Bonchev–Trinajstić information content (AvgIpc) is 2.61. The summed E-state index contributed by atoms with van der Waals surface area (Å²) in [6, 6.07) is 11.3. The first-order chi connectivity index (χ1) is 11.7. The Hall–Kier alpha value is -0.940. The molecule has 0 bridgehead atoms. The lowest BCUT2D eigenvalue weighted by Gasteiger charge is -2.66. The highest BCUT2D eigenvalue weighted by molar-refractivity contribution is 5.13. The molecule has 130 valence electrons. The van der Waals surface area contributed by atoms with E-state index in [1.807, 2.05) is 0 Å². The summed E-state index contributed by atoms with van der Waals surface area (Å²) in [5.74, 6) is 0. The van der Waals surface area contributed by atoms with Crippen molar-refractivity contribution in [2.24, 2.45) is 0 Å².